The highest BCUT2D eigenvalue weighted by atomic mass is 15.2. The van der Waals surface area contributed by atoms with Gasteiger partial charge >= 0.3 is 0 Å². The molecule has 1 atom stereocenters. The average Bonchev–Trinajstić information content (AvgIpc) is 2.80. The molecule has 0 aliphatic rings. The number of rotatable bonds is 8. The molecule has 0 spiro atoms. The Hall–Kier alpha value is -0.870. The SMILES string of the molecule is CCCN(CCC)C(CN)c1cncn1C(C)C. The Labute approximate surface area is 111 Å². The summed E-state index contributed by atoms with van der Waals surface area (Å²) < 4.78 is 2.23. The van der Waals surface area contributed by atoms with Crippen LogP contribution in [0.3, 0.4) is 0 Å². The fourth-order valence-electron chi connectivity index (χ4n) is 2.46. The van der Waals surface area contributed by atoms with Gasteiger partial charge in [0.05, 0.1) is 18.1 Å². The molecule has 4 heteroatoms. The molecule has 1 heterocycles. The molecule has 0 amide bonds. The molecule has 1 unspecified atom stereocenters. The molecule has 0 aliphatic carbocycles. The van der Waals surface area contributed by atoms with Crippen molar-refractivity contribution in [3.05, 3.63) is 18.2 Å². The Kier molecular flexibility index (Phi) is 6.36. The largest absolute Gasteiger partial charge is 0.331 e. The van der Waals surface area contributed by atoms with E-state index in [-0.39, 0.29) is 6.04 Å². The van der Waals surface area contributed by atoms with Gasteiger partial charge in [-0.15, -0.1) is 0 Å². The minimum atomic E-state index is 0.287. The molecule has 1 rings (SSSR count). The van der Waals surface area contributed by atoms with E-state index in [1.54, 1.807) is 0 Å². The zero-order valence-corrected chi connectivity index (χ0v) is 12.3. The summed E-state index contributed by atoms with van der Waals surface area (Å²) >= 11 is 0. The highest BCUT2D eigenvalue weighted by Gasteiger charge is 2.21. The monoisotopic (exact) mass is 252 g/mol. The third-order valence-corrected chi connectivity index (χ3v) is 3.28. The summed E-state index contributed by atoms with van der Waals surface area (Å²) in [7, 11) is 0. The molecule has 0 bridgehead atoms. The second kappa shape index (κ2) is 7.54. The van der Waals surface area contributed by atoms with E-state index < -0.39 is 0 Å². The molecule has 104 valence electrons. The highest BCUT2D eigenvalue weighted by Crippen LogP contribution is 2.22. The van der Waals surface area contributed by atoms with Crippen molar-refractivity contribution in [3.63, 3.8) is 0 Å². The lowest BCUT2D eigenvalue weighted by Crippen LogP contribution is -2.36. The minimum absolute atomic E-state index is 0.287. The zero-order chi connectivity index (χ0) is 13.5. The third-order valence-electron chi connectivity index (χ3n) is 3.28. The number of hydrogen-bond donors (Lipinski definition) is 1. The molecule has 0 aliphatic heterocycles. The van der Waals surface area contributed by atoms with E-state index in [2.05, 4.69) is 42.1 Å². The van der Waals surface area contributed by atoms with Gasteiger partial charge in [-0.1, -0.05) is 13.8 Å². The van der Waals surface area contributed by atoms with Crippen LogP contribution < -0.4 is 5.73 Å². The van der Waals surface area contributed by atoms with E-state index in [0.29, 0.717) is 12.6 Å². The van der Waals surface area contributed by atoms with E-state index in [4.69, 9.17) is 5.73 Å². The van der Waals surface area contributed by atoms with Gasteiger partial charge in [-0.2, -0.15) is 0 Å². The van der Waals surface area contributed by atoms with Gasteiger partial charge in [0.2, 0.25) is 0 Å². The van der Waals surface area contributed by atoms with Crippen molar-refractivity contribution in [2.45, 2.75) is 52.6 Å². The summed E-state index contributed by atoms with van der Waals surface area (Å²) in [5, 5.41) is 0. The van der Waals surface area contributed by atoms with Crippen molar-refractivity contribution in [1.82, 2.24) is 14.5 Å². The van der Waals surface area contributed by atoms with Crippen molar-refractivity contribution in [2.24, 2.45) is 5.73 Å². The summed E-state index contributed by atoms with van der Waals surface area (Å²) in [6, 6.07) is 0.719. The molecule has 2 N–H and O–H groups in total. The van der Waals surface area contributed by atoms with Gasteiger partial charge in [-0.25, -0.2) is 4.98 Å². The Morgan fingerprint density at radius 1 is 1.28 bits per heavy atom. The molecular weight excluding hydrogens is 224 g/mol. The van der Waals surface area contributed by atoms with Crippen LogP contribution in [0.1, 0.15) is 58.3 Å². The van der Waals surface area contributed by atoms with E-state index >= 15 is 0 Å². The smallest absolute Gasteiger partial charge is 0.0951 e. The van der Waals surface area contributed by atoms with Gasteiger partial charge in [0.25, 0.3) is 0 Å². The van der Waals surface area contributed by atoms with Gasteiger partial charge in [0.1, 0.15) is 0 Å². The third kappa shape index (κ3) is 3.56. The van der Waals surface area contributed by atoms with Crippen LogP contribution in [0.5, 0.6) is 0 Å². The summed E-state index contributed by atoms with van der Waals surface area (Å²) in [6.45, 7) is 11.6. The fraction of sp³-hybridized carbons (Fsp3) is 0.786. The maximum atomic E-state index is 6.01. The normalized spacial score (nSPS) is 13.5. The number of imidazole rings is 1. The van der Waals surface area contributed by atoms with Crippen LogP contribution in [0.25, 0.3) is 0 Å². The molecule has 18 heavy (non-hydrogen) atoms. The first kappa shape index (κ1) is 15.2. The van der Waals surface area contributed by atoms with Crippen LogP contribution in [0.15, 0.2) is 12.5 Å². The van der Waals surface area contributed by atoms with Gasteiger partial charge in [-0.3, -0.25) is 4.90 Å². The Bertz CT molecular complexity index is 326. The molecule has 0 fully saturated rings. The Morgan fingerprint density at radius 3 is 2.33 bits per heavy atom. The lowest BCUT2D eigenvalue weighted by molar-refractivity contribution is 0.193. The molecule has 0 saturated heterocycles. The molecule has 0 aromatic carbocycles. The summed E-state index contributed by atoms with van der Waals surface area (Å²) in [5.41, 5.74) is 7.26. The summed E-state index contributed by atoms with van der Waals surface area (Å²) in [6.07, 6.45) is 6.20. The molecule has 1 aromatic heterocycles. The van der Waals surface area contributed by atoms with Crippen LogP contribution in [0.4, 0.5) is 0 Å². The first-order chi connectivity index (χ1) is 8.65. The van der Waals surface area contributed by atoms with Crippen molar-refractivity contribution in [1.29, 1.82) is 0 Å². The lowest BCUT2D eigenvalue weighted by Gasteiger charge is -2.31. The van der Waals surface area contributed by atoms with Gasteiger partial charge in [-0.05, 0) is 39.8 Å². The lowest BCUT2D eigenvalue weighted by atomic mass is 10.1. The molecule has 1 aromatic rings. The summed E-state index contributed by atoms with van der Waals surface area (Å²) in [5.74, 6) is 0. The van der Waals surface area contributed by atoms with E-state index in [1.165, 1.54) is 5.69 Å². The molecular formula is C14H28N4. The Balaban J connectivity index is 2.95. The molecule has 0 radical (unpaired) electrons. The first-order valence-electron chi connectivity index (χ1n) is 7.11. The number of aromatic nitrogens is 2. The van der Waals surface area contributed by atoms with Crippen molar-refractivity contribution in [2.75, 3.05) is 19.6 Å². The predicted molar refractivity (Wildman–Crippen MR) is 76.6 cm³/mol. The highest BCUT2D eigenvalue weighted by molar-refractivity contribution is 5.07. The van der Waals surface area contributed by atoms with Crippen LogP contribution in [0.2, 0.25) is 0 Å². The maximum Gasteiger partial charge on any atom is 0.0951 e. The van der Waals surface area contributed by atoms with Crippen LogP contribution in [-0.2, 0) is 0 Å². The van der Waals surface area contributed by atoms with Gasteiger partial charge in [0.15, 0.2) is 0 Å². The summed E-state index contributed by atoms with van der Waals surface area (Å²) in [4.78, 5) is 6.78. The number of nitrogens with two attached hydrogens (primary N) is 1. The number of nitrogens with zero attached hydrogens (tertiary/aromatic N) is 3. The quantitative estimate of drug-likeness (QED) is 0.773. The van der Waals surface area contributed by atoms with E-state index in [9.17, 15) is 0 Å². The van der Waals surface area contributed by atoms with Crippen molar-refractivity contribution < 1.29 is 0 Å². The average molecular weight is 252 g/mol. The molecule has 4 nitrogen and oxygen atoms in total. The van der Waals surface area contributed by atoms with Crippen molar-refractivity contribution in [3.8, 4) is 0 Å². The topological polar surface area (TPSA) is 47.1 Å². The second-order valence-electron chi connectivity index (χ2n) is 5.11. The fourth-order valence-corrected chi connectivity index (χ4v) is 2.46. The standard InChI is InChI=1S/C14H28N4/c1-5-7-17(8-6-2)13(9-15)14-10-16-11-18(14)12(3)4/h10-13H,5-9,15H2,1-4H3. The predicted octanol–water partition coefficient (Wildman–Crippen LogP) is 2.59. The Morgan fingerprint density at radius 2 is 1.89 bits per heavy atom. The first-order valence-corrected chi connectivity index (χ1v) is 7.11. The van der Waals surface area contributed by atoms with Crippen molar-refractivity contribution >= 4 is 0 Å². The van der Waals surface area contributed by atoms with Crippen LogP contribution in [-0.4, -0.2) is 34.1 Å². The second-order valence-corrected chi connectivity index (χ2v) is 5.11. The number of hydrogen-bond acceptors (Lipinski definition) is 3. The van der Waals surface area contributed by atoms with E-state index in [0.717, 1.165) is 25.9 Å². The van der Waals surface area contributed by atoms with Gasteiger partial charge < -0.3 is 10.3 Å². The zero-order valence-electron chi connectivity index (χ0n) is 12.3. The van der Waals surface area contributed by atoms with Crippen LogP contribution >= 0.6 is 0 Å². The minimum Gasteiger partial charge on any atom is -0.331 e. The maximum absolute atomic E-state index is 6.01. The van der Waals surface area contributed by atoms with Crippen LogP contribution in [0, 0.1) is 0 Å². The molecule has 0 saturated carbocycles. The van der Waals surface area contributed by atoms with E-state index in [1.807, 2.05) is 12.5 Å². The van der Waals surface area contributed by atoms with Gasteiger partial charge in [0, 0.05) is 18.8 Å².